The number of carbonyl (C=O) groups excluding carboxylic acids is 2. The Morgan fingerprint density at radius 2 is 1.93 bits per heavy atom. The Morgan fingerprint density at radius 1 is 1.17 bits per heavy atom. The summed E-state index contributed by atoms with van der Waals surface area (Å²) < 4.78 is 7.31. The maximum absolute atomic E-state index is 12.6. The van der Waals surface area contributed by atoms with E-state index in [1.165, 1.54) is 0 Å². The predicted octanol–water partition coefficient (Wildman–Crippen LogP) is 3.73. The lowest BCUT2D eigenvalue weighted by molar-refractivity contribution is -0.125. The molecule has 1 aliphatic heterocycles. The molecule has 0 bridgehead atoms. The van der Waals surface area contributed by atoms with E-state index >= 15 is 0 Å². The minimum absolute atomic E-state index is 0.143. The van der Waals surface area contributed by atoms with Crippen molar-refractivity contribution in [2.45, 2.75) is 26.0 Å². The van der Waals surface area contributed by atoms with Gasteiger partial charge in [0.15, 0.2) is 6.10 Å². The fraction of sp³-hybridized carbons (Fsp3) is 0.227. The molecule has 2 amide bonds. The van der Waals surface area contributed by atoms with Crippen LogP contribution in [-0.2, 0) is 16.1 Å². The van der Waals surface area contributed by atoms with Crippen LogP contribution in [0.15, 0.2) is 60.8 Å². The van der Waals surface area contributed by atoms with Gasteiger partial charge in [0.2, 0.25) is 5.91 Å². The van der Waals surface area contributed by atoms with Crippen molar-refractivity contribution in [3.8, 4) is 5.75 Å². The van der Waals surface area contributed by atoms with Crippen molar-refractivity contribution in [2.24, 2.45) is 0 Å². The highest BCUT2D eigenvalue weighted by atomic mass is 35.5. The van der Waals surface area contributed by atoms with E-state index in [-0.39, 0.29) is 24.8 Å². The number of rotatable bonds is 6. The smallest absolute Gasteiger partial charge is 0.267 e. The Labute approximate surface area is 179 Å². The number of anilines is 2. The predicted molar refractivity (Wildman–Crippen MR) is 115 cm³/mol. The Hall–Kier alpha value is -3.32. The zero-order chi connectivity index (χ0) is 21.1. The van der Waals surface area contributed by atoms with E-state index in [1.54, 1.807) is 28.8 Å². The second-order valence-corrected chi connectivity index (χ2v) is 7.39. The van der Waals surface area contributed by atoms with Gasteiger partial charge in [-0.05, 0) is 30.7 Å². The van der Waals surface area contributed by atoms with E-state index in [4.69, 9.17) is 16.3 Å². The summed E-state index contributed by atoms with van der Waals surface area (Å²) in [5.74, 6) is 0.843. The van der Waals surface area contributed by atoms with Crippen LogP contribution < -0.4 is 15.0 Å². The maximum Gasteiger partial charge on any atom is 0.267 e. The SMILES string of the molecule is CC1Oc2ccccc2N(CCC(=O)Nc2ccnn2Cc2ccccc2Cl)C1=O. The third kappa shape index (κ3) is 4.16. The standard InChI is InChI=1S/C22H21ClN4O3/c1-15-22(29)26(18-8-4-5-9-19(18)30-15)13-11-21(28)25-20-10-12-24-27(20)14-16-6-2-3-7-17(16)23/h2-10,12,15H,11,13-14H2,1H3,(H,25,28). The lowest BCUT2D eigenvalue weighted by atomic mass is 10.1. The summed E-state index contributed by atoms with van der Waals surface area (Å²) in [7, 11) is 0. The van der Waals surface area contributed by atoms with Crippen molar-refractivity contribution in [1.82, 2.24) is 9.78 Å². The van der Waals surface area contributed by atoms with Gasteiger partial charge in [0.25, 0.3) is 5.91 Å². The molecule has 0 saturated carbocycles. The monoisotopic (exact) mass is 424 g/mol. The number of para-hydroxylation sites is 2. The number of carbonyl (C=O) groups is 2. The van der Waals surface area contributed by atoms with Crippen LogP contribution in [0.2, 0.25) is 5.02 Å². The van der Waals surface area contributed by atoms with Crippen LogP contribution in [0.1, 0.15) is 18.9 Å². The Bertz CT molecular complexity index is 1080. The molecular formula is C22H21ClN4O3. The van der Waals surface area contributed by atoms with Gasteiger partial charge in [0.05, 0.1) is 18.4 Å². The summed E-state index contributed by atoms with van der Waals surface area (Å²) in [4.78, 5) is 26.7. The molecule has 0 spiro atoms. The number of nitrogens with one attached hydrogen (secondary N) is 1. The Kier molecular flexibility index (Phi) is 5.72. The van der Waals surface area contributed by atoms with Gasteiger partial charge in [0, 0.05) is 24.1 Å². The van der Waals surface area contributed by atoms with E-state index in [0.717, 1.165) is 5.56 Å². The summed E-state index contributed by atoms with van der Waals surface area (Å²) in [6.07, 6.45) is 1.18. The Balaban J connectivity index is 1.41. The molecule has 1 aromatic heterocycles. The van der Waals surface area contributed by atoms with Crippen LogP contribution in [0.25, 0.3) is 0 Å². The van der Waals surface area contributed by atoms with E-state index in [0.29, 0.717) is 28.8 Å². The molecule has 0 aliphatic carbocycles. The number of amides is 2. The average molecular weight is 425 g/mol. The first-order valence-electron chi connectivity index (χ1n) is 9.65. The quantitative estimate of drug-likeness (QED) is 0.654. The zero-order valence-electron chi connectivity index (χ0n) is 16.4. The fourth-order valence-corrected chi connectivity index (χ4v) is 3.56. The van der Waals surface area contributed by atoms with Crippen LogP contribution in [-0.4, -0.2) is 34.2 Å². The lowest BCUT2D eigenvalue weighted by Gasteiger charge is -2.32. The first-order valence-corrected chi connectivity index (χ1v) is 10.0. The largest absolute Gasteiger partial charge is 0.479 e. The molecule has 3 aromatic rings. The van der Waals surface area contributed by atoms with E-state index in [9.17, 15) is 9.59 Å². The van der Waals surface area contributed by atoms with Crippen molar-refractivity contribution in [3.05, 3.63) is 71.4 Å². The molecule has 8 heteroatoms. The maximum atomic E-state index is 12.6. The highest BCUT2D eigenvalue weighted by molar-refractivity contribution is 6.31. The van der Waals surface area contributed by atoms with Crippen molar-refractivity contribution in [3.63, 3.8) is 0 Å². The normalized spacial score (nSPS) is 15.5. The first kappa shape index (κ1) is 20.0. The number of ether oxygens (including phenoxy) is 1. The summed E-state index contributed by atoms with van der Waals surface area (Å²) in [5.41, 5.74) is 1.58. The summed E-state index contributed by atoms with van der Waals surface area (Å²) in [5, 5.41) is 7.78. The average Bonchev–Trinajstić information content (AvgIpc) is 3.16. The number of aromatic nitrogens is 2. The highest BCUT2D eigenvalue weighted by Crippen LogP contribution is 2.33. The van der Waals surface area contributed by atoms with Crippen molar-refractivity contribution < 1.29 is 14.3 Å². The number of benzene rings is 2. The molecule has 30 heavy (non-hydrogen) atoms. The number of fused-ring (bicyclic) bond motifs is 1. The molecule has 2 aromatic carbocycles. The molecule has 4 rings (SSSR count). The molecule has 1 atom stereocenters. The lowest BCUT2D eigenvalue weighted by Crippen LogP contribution is -2.45. The summed E-state index contributed by atoms with van der Waals surface area (Å²) in [6.45, 7) is 2.40. The third-order valence-corrected chi connectivity index (χ3v) is 5.27. The van der Waals surface area contributed by atoms with Gasteiger partial charge < -0.3 is 15.0 Å². The van der Waals surface area contributed by atoms with Crippen LogP contribution >= 0.6 is 11.6 Å². The van der Waals surface area contributed by atoms with Crippen LogP contribution in [0, 0.1) is 0 Å². The molecule has 2 heterocycles. The number of hydrogen-bond donors (Lipinski definition) is 1. The number of hydrogen-bond acceptors (Lipinski definition) is 4. The zero-order valence-corrected chi connectivity index (χ0v) is 17.2. The van der Waals surface area contributed by atoms with Crippen LogP contribution in [0.4, 0.5) is 11.5 Å². The minimum Gasteiger partial charge on any atom is -0.479 e. The van der Waals surface area contributed by atoms with Gasteiger partial charge >= 0.3 is 0 Å². The molecule has 1 aliphatic rings. The molecule has 154 valence electrons. The van der Waals surface area contributed by atoms with Gasteiger partial charge in [-0.25, -0.2) is 4.68 Å². The topological polar surface area (TPSA) is 76.5 Å². The highest BCUT2D eigenvalue weighted by Gasteiger charge is 2.31. The van der Waals surface area contributed by atoms with Gasteiger partial charge in [-0.3, -0.25) is 9.59 Å². The second kappa shape index (κ2) is 8.59. The van der Waals surface area contributed by atoms with Crippen molar-refractivity contribution in [1.29, 1.82) is 0 Å². The fourth-order valence-electron chi connectivity index (χ4n) is 3.36. The Morgan fingerprint density at radius 3 is 2.77 bits per heavy atom. The van der Waals surface area contributed by atoms with E-state index < -0.39 is 6.10 Å². The number of nitrogens with zero attached hydrogens (tertiary/aromatic N) is 3. The first-order chi connectivity index (χ1) is 14.5. The van der Waals surface area contributed by atoms with E-state index in [1.807, 2.05) is 48.5 Å². The van der Waals surface area contributed by atoms with Crippen molar-refractivity contribution >= 4 is 34.9 Å². The third-order valence-electron chi connectivity index (χ3n) is 4.90. The minimum atomic E-state index is -0.583. The summed E-state index contributed by atoms with van der Waals surface area (Å²) >= 11 is 6.23. The van der Waals surface area contributed by atoms with Crippen molar-refractivity contribution in [2.75, 3.05) is 16.8 Å². The second-order valence-electron chi connectivity index (χ2n) is 6.98. The van der Waals surface area contributed by atoms with Crippen LogP contribution in [0.5, 0.6) is 5.75 Å². The molecule has 7 nitrogen and oxygen atoms in total. The number of halogens is 1. The van der Waals surface area contributed by atoms with Crippen LogP contribution in [0.3, 0.4) is 0 Å². The summed E-state index contributed by atoms with van der Waals surface area (Å²) in [6, 6.07) is 16.6. The van der Waals surface area contributed by atoms with E-state index in [2.05, 4.69) is 10.4 Å². The molecule has 0 radical (unpaired) electrons. The molecule has 0 saturated heterocycles. The molecule has 1 unspecified atom stereocenters. The van der Waals surface area contributed by atoms with Gasteiger partial charge in [-0.2, -0.15) is 5.10 Å². The van der Waals surface area contributed by atoms with Gasteiger partial charge in [-0.15, -0.1) is 0 Å². The molecule has 1 N–H and O–H groups in total. The molecule has 0 fully saturated rings. The molecular weight excluding hydrogens is 404 g/mol. The van der Waals surface area contributed by atoms with Gasteiger partial charge in [-0.1, -0.05) is 41.9 Å². The van der Waals surface area contributed by atoms with Gasteiger partial charge in [0.1, 0.15) is 11.6 Å².